The van der Waals surface area contributed by atoms with Crippen molar-refractivity contribution >= 4 is 22.0 Å². The average Bonchev–Trinajstić information content (AvgIpc) is 2.71. The summed E-state index contributed by atoms with van der Waals surface area (Å²) in [6.07, 6.45) is 11.8. The van der Waals surface area contributed by atoms with E-state index in [1.54, 1.807) is 0 Å². The number of benzene rings is 1. The second-order valence-corrected chi connectivity index (χ2v) is 8.91. The van der Waals surface area contributed by atoms with E-state index >= 15 is 0 Å². The zero-order chi connectivity index (χ0) is 22.4. The van der Waals surface area contributed by atoms with E-state index in [1.165, 1.54) is 70.1 Å². The highest BCUT2D eigenvalue weighted by Gasteiger charge is 2.23. The van der Waals surface area contributed by atoms with E-state index in [9.17, 15) is 22.6 Å². The van der Waals surface area contributed by atoms with Gasteiger partial charge in [0.25, 0.3) is 16.0 Å². The third-order valence-corrected chi connectivity index (χ3v) is 5.76. The van der Waals surface area contributed by atoms with E-state index in [1.807, 2.05) is 0 Å². The smallest absolute Gasteiger partial charge is 0.328 e. The fourth-order valence-corrected chi connectivity index (χ4v) is 3.79. The standard InChI is InChI=1S/C22H35NO6S/c1-3-4-5-6-7-8-9-10-11-14-17-29-22(25)18(2)23-21(24)19-15-12-13-16-20(19)30(26,27)28/h12-13,15-16,18H,3-11,14,17H2,1-2H3,(H,23,24)(H,26,27,28). The van der Waals surface area contributed by atoms with Crippen molar-refractivity contribution in [1.29, 1.82) is 0 Å². The van der Waals surface area contributed by atoms with Gasteiger partial charge < -0.3 is 10.1 Å². The zero-order valence-electron chi connectivity index (χ0n) is 18.1. The summed E-state index contributed by atoms with van der Waals surface area (Å²) in [6, 6.07) is 4.32. The summed E-state index contributed by atoms with van der Waals surface area (Å²) < 4.78 is 37.2. The van der Waals surface area contributed by atoms with Gasteiger partial charge in [0.15, 0.2) is 0 Å². The van der Waals surface area contributed by atoms with Crippen LogP contribution in [0.5, 0.6) is 0 Å². The van der Waals surface area contributed by atoms with Gasteiger partial charge in [-0.3, -0.25) is 9.35 Å². The molecule has 0 saturated carbocycles. The van der Waals surface area contributed by atoms with E-state index in [2.05, 4.69) is 12.2 Å². The summed E-state index contributed by atoms with van der Waals surface area (Å²) in [5.74, 6) is -1.35. The number of amides is 1. The number of hydrogen-bond acceptors (Lipinski definition) is 5. The Kier molecular flexibility index (Phi) is 12.3. The Labute approximate surface area is 180 Å². The summed E-state index contributed by atoms with van der Waals surface area (Å²) in [5.41, 5.74) is -0.227. The summed E-state index contributed by atoms with van der Waals surface area (Å²) in [6.45, 7) is 3.97. The van der Waals surface area contributed by atoms with E-state index in [4.69, 9.17) is 4.74 Å². The van der Waals surface area contributed by atoms with Crippen LogP contribution < -0.4 is 5.32 Å². The SMILES string of the molecule is CCCCCCCCCCCCOC(=O)C(C)NC(=O)c1ccccc1S(=O)(=O)O. The van der Waals surface area contributed by atoms with Crippen LogP contribution in [0.25, 0.3) is 0 Å². The van der Waals surface area contributed by atoms with Gasteiger partial charge >= 0.3 is 5.97 Å². The van der Waals surface area contributed by atoms with Crippen molar-refractivity contribution in [2.24, 2.45) is 0 Å². The minimum atomic E-state index is -4.55. The van der Waals surface area contributed by atoms with Crippen molar-refractivity contribution in [1.82, 2.24) is 5.32 Å². The first-order valence-electron chi connectivity index (χ1n) is 10.8. The van der Waals surface area contributed by atoms with Crippen molar-refractivity contribution in [2.45, 2.75) is 89.0 Å². The summed E-state index contributed by atoms with van der Waals surface area (Å²) in [4.78, 5) is 23.8. The molecule has 8 heteroatoms. The summed E-state index contributed by atoms with van der Waals surface area (Å²) in [5, 5.41) is 2.41. The molecule has 0 aliphatic rings. The predicted molar refractivity (Wildman–Crippen MR) is 116 cm³/mol. The normalized spacial score (nSPS) is 12.4. The minimum Gasteiger partial charge on any atom is -0.464 e. The molecule has 1 aromatic carbocycles. The molecule has 1 rings (SSSR count). The van der Waals surface area contributed by atoms with Crippen LogP contribution in [-0.4, -0.2) is 37.5 Å². The molecule has 0 aliphatic carbocycles. The quantitative estimate of drug-likeness (QED) is 0.235. The van der Waals surface area contributed by atoms with E-state index in [-0.39, 0.29) is 12.2 Å². The van der Waals surface area contributed by atoms with E-state index < -0.39 is 32.9 Å². The third-order valence-electron chi connectivity index (χ3n) is 4.85. The number of rotatable bonds is 15. The Bertz CT molecular complexity index is 763. The molecule has 1 atom stereocenters. The molecule has 0 fully saturated rings. The molecule has 0 spiro atoms. The van der Waals surface area contributed by atoms with Crippen LogP contribution in [-0.2, 0) is 19.6 Å². The maximum atomic E-state index is 12.3. The Balaban J connectivity index is 2.26. The van der Waals surface area contributed by atoms with Crippen molar-refractivity contribution in [3.8, 4) is 0 Å². The van der Waals surface area contributed by atoms with Crippen LogP contribution in [0.1, 0.15) is 88.4 Å². The van der Waals surface area contributed by atoms with Gasteiger partial charge in [0, 0.05) is 0 Å². The Hall–Kier alpha value is -1.93. The number of hydrogen-bond donors (Lipinski definition) is 2. The number of carbonyl (C=O) groups is 2. The Morgan fingerprint density at radius 1 is 0.967 bits per heavy atom. The molecule has 0 bridgehead atoms. The number of nitrogens with one attached hydrogen (secondary N) is 1. The number of carbonyl (C=O) groups excluding carboxylic acids is 2. The first-order valence-corrected chi connectivity index (χ1v) is 12.3. The van der Waals surface area contributed by atoms with Crippen molar-refractivity contribution < 1.29 is 27.3 Å². The van der Waals surface area contributed by atoms with Crippen molar-refractivity contribution in [2.75, 3.05) is 6.61 Å². The molecule has 0 heterocycles. The molecule has 170 valence electrons. The molecule has 1 amide bonds. The molecule has 1 unspecified atom stereocenters. The molecule has 30 heavy (non-hydrogen) atoms. The van der Waals surface area contributed by atoms with Crippen LogP contribution in [0.3, 0.4) is 0 Å². The third kappa shape index (κ3) is 10.2. The Morgan fingerprint density at radius 2 is 1.50 bits per heavy atom. The molecular weight excluding hydrogens is 406 g/mol. The highest BCUT2D eigenvalue weighted by Crippen LogP contribution is 2.15. The van der Waals surface area contributed by atoms with Crippen LogP contribution in [0.2, 0.25) is 0 Å². The van der Waals surface area contributed by atoms with Crippen LogP contribution in [0.15, 0.2) is 29.2 Å². The fraction of sp³-hybridized carbons (Fsp3) is 0.636. The fourth-order valence-electron chi connectivity index (χ4n) is 3.10. The van der Waals surface area contributed by atoms with Gasteiger partial charge in [0.05, 0.1) is 12.2 Å². The summed E-state index contributed by atoms with van der Waals surface area (Å²) >= 11 is 0. The topological polar surface area (TPSA) is 110 Å². The van der Waals surface area contributed by atoms with Crippen LogP contribution in [0.4, 0.5) is 0 Å². The molecule has 0 saturated heterocycles. The molecule has 0 aliphatic heterocycles. The molecular formula is C22H35NO6S. The lowest BCUT2D eigenvalue weighted by molar-refractivity contribution is -0.145. The maximum absolute atomic E-state index is 12.3. The number of ether oxygens (including phenoxy) is 1. The van der Waals surface area contributed by atoms with Gasteiger partial charge in [-0.25, -0.2) is 4.79 Å². The molecule has 0 radical (unpaired) electrons. The number of esters is 1. The minimum absolute atomic E-state index is 0.227. The average molecular weight is 442 g/mol. The predicted octanol–water partition coefficient (Wildman–Crippen LogP) is 4.52. The monoisotopic (exact) mass is 441 g/mol. The lowest BCUT2D eigenvalue weighted by Gasteiger charge is -2.14. The second kappa shape index (κ2) is 14.1. The van der Waals surface area contributed by atoms with Crippen molar-refractivity contribution in [3.05, 3.63) is 29.8 Å². The van der Waals surface area contributed by atoms with Gasteiger partial charge in [-0.15, -0.1) is 0 Å². The van der Waals surface area contributed by atoms with Crippen LogP contribution >= 0.6 is 0 Å². The summed E-state index contributed by atoms with van der Waals surface area (Å²) in [7, 11) is -4.55. The first kappa shape index (κ1) is 26.1. The molecule has 2 N–H and O–H groups in total. The second-order valence-electron chi connectivity index (χ2n) is 7.52. The molecule has 7 nitrogen and oxygen atoms in total. The number of unbranched alkanes of at least 4 members (excludes halogenated alkanes) is 9. The zero-order valence-corrected chi connectivity index (χ0v) is 18.9. The van der Waals surface area contributed by atoms with Gasteiger partial charge in [-0.05, 0) is 25.5 Å². The largest absolute Gasteiger partial charge is 0.464 e. The van der Waals surface area contributed by atoms with Gasteiger partial charge in [0.1, 0.15) is 10.9 Å². The molecule has 0 aromatic heterocycles. The van der Waals surface area contributed by atoms with E-state index in [0.29, 0.717) is 0 Å². The van der Waals surface area contributed by atoms with Gasteiger partial charge in [-0.2, -0.15) is 8.42 Å². The first-order chi connectivity index (χ1) is 14.3. The maximum Gasteiger partial charge on any atom is 0.328 e. The van der Waals surface area contributed by atoms with E-state index in [0.717, 1.165) is 25.3 Å². The van der Waals surface area contributed by atoms with Gasteiger partial charge in [0.2, 0.25) is 0 Å². The van der Waals surface area contributed by atoms with Gasteiger partial charge in [-0.1, -0.05) is 76.8 Å². The van der Waals surface area contributed by atoms with Crippen molar-refractivity contribution in [3.63, 3.8) is 0 Å². The highest BCUT2D eigenvalue weighted by molar-refractivity contribution is 7.86. The Morgan fingerprint density at radius 3 is 2.07 bits per heavy atom. The highest BCUT2D eigenvalue weighted by atomic mass is 32.2. The lowest BCUT2D eigenvalue weighted by atomic mass is 10.1. The lowest BCUT2D eigenvalue weighted by Crippen LogP contribution is -2.40. The molecule has 1 aromatic rings. The van der Waals surface area contributed by atoms with Crippen LogP contribution in [0, 0.1) is 0 Å².